The van der Waals surface area contributed by atoms with E-state index in [-0.39, 0.29) is 34.7 Å². The van der Waals surface area contributed by atoms with E-state index >= 15 is 0 Å². The Morgan fingerprint density at radius 2 is 1.85 bits per heavy atom. The number of Topliss-reactive ketones (excluding diaryl/α,β-unsaturated/α-hetero) is 2. The molecule has 27 heavy (non-hydrogen) atoms. The second-order valence-corrected chi connectivity index (χ2v) is 8.13. The highest BCUT2D eigenvalue weighted by molar-refractivity contribution is 7.15. The van der Waals surface area contributed by atoms with Gasteiger partial charge < -0.3 is 4.74 Å². The molecule has 0 amide bonds. The van der Waals surface area contributed by atoms with Gasteiger partial charge in [0.1, 0.15) is 22.5 Å². The van der Waals surface area contributed by atoms with Crippen molar-refractivity contribution >= 4 is 22.9 Å². The van der Waals surface area contributed by atoms with Crippen LogP contribution in [0.3, 0.4) is 0 Å². The zero-order chi connectivity index (χ0) is 19.3. The van der Waals surface area contributed by atoms with Crippen LogP contribution in [-0.4, -0.2) is 23.2 Å². The SMILES string of the molecule is Cc1sc(-c2ccc(OC(F)F)cc2F)nc1C1C(=O)[C@@H]2CC[C@@H](C2)C1=O. The number of fused-ring (bicyclic) bond motifs is 2. The molecule has 0 radical (unpaired) electrons. The highest BCUT2D eigenvalue weighted by Crippen LogP contribution is 2.45. The molecule has 0 N–H and O–H groups in total. The molecule has 3 atom stereocenters. The minimum absolute atomic E-state index is 0.0881. The van der Waals surface area contributed by atoms with E-state index in [0.29, 0.717) is 22.0 Å². The van der Waals surface area contributed by atoms with E-state index in [1.165, 1.54) is 23.5 Å². The summed E-state index contributed by atoms with van der Waals surface area (Å²) < 4.78 is 43.1. The molecule has 2 bridgehead atoms. The van der Waals surface area contributed by atoms with Crippen molar-refractivity contribution in [2.75, 3.05) is 0 Å². The lowest BCUT2D eigenvalue weighted by Gasteiger charge is -2.24. The number of aryl methyl sites for hydroxylation is 1. The zero-order valence-electron chi connectivity index (χ0n) is 14.4. The summed E-state index contributed by atoms with van der Waals surface area (Å²) in [4.78, 5) is 30.5. The van der Waals surface area contributed by atoms with Crippen LogP contribution in [0.1, 0.15) is 35.8 Å². The Bertz CT molecular complexity index is 905. The quantitative estimate of drug-likeness (QED) is 0.715. The molecule has 2 saturated carbocycles. The number of hydrogen-bond donors (Lipinski definition) is 0. The van der Waals surface area contributed by atoms with Crippen LogP contribution in [0.15, 0.2) is 18.2 Å². The number of carbonyl (C=O) groups is 2. The van der Waals surface area contributed by atoms with Crippen LogP contribution in [-0.2, 0) is 9.59 Å². The highest BCUT2D eigenvalue weighted by Gasteiger charge is 2.48. The first-order valence-corrected chi connectivity index (χ1v) is 9.46. The normalized spacial score (nSPS) is 24.7. The second-order valence-electron chi connectivity index (χ2n) is 6.93. The Kier molecular flexibility index (Phi) is 4.53. The topological polar surface area (TPSA) is 56.3 Å². The molecule has 0 aliphatic heterocycles. The molecule has 8 heteroatoms. The van der Waals surface area contributed by atoms with Gasteiger partial charge in [-0.3, -0.25) is 9.59 Å². The molecule has 4 nitrogen and oxygen atoms in total. The zero-order valence-corrected chi connectivity index (χ0v) is 15.2. The average Bonchev–Trinajstić information content (AvgIpc) is 3.19. The third-order valence-corrected chi connectivity index (χ3v) is 6.33. The van der Waals surface area contributed by atoms with E-state index in [4.69, 9.17) is 0 Å². The van der Waals surface area contributed by atoms with Crippen LogP contribution in [0.25, 0.3) is 10.6 Å². The Balaban J connectivity index is 1.68. The molecule has 2 aliphatic carbocycles. The smallest absolute Gasteiger partial charge is 0.387 e. The summed E-state index contributed by atoms with van der Waals surface area (Å²) in [5.41, 5.74) is 0.517. The molecule has 2 aliphatic rings. The number of hydrogen-bond acceptors (Lipinski definition) is 5. The maximum absolute atomic E-state index is 14.4. The maximum atomic E-state index is 14.4. The van der Waals surface area contributed by atoms with Crippen molar-refractivity contribution in [3.8, 4) is 16.3 Å². The molecule has 1 heterocycles. The fourth-order valence-corrected chi connectivity index (χ4v) is 4.99. The summed E-state index contributed by atoms with van der Waals surface area (Å²) in [6, 6.07) is 3.41. The minimum Gasteiger partial charge on any atom is -0.435 e. The minimum atomic E-state index is -3.04. The van der Waals surface area contributed by atoms with Crippen molar-refractivity contribution in [1.82, 2.24) is 4.98 Å². The number of ether oxygens (including phenoxy) is 1. The number of aromatic nitrogens is 1. The van der Waals surface area contributed by atoms with Crippen LogP contribution in [0.5, 0.6) is 5.75 Å². The van der Waals surface area contributed by atoms with E-state index in [1.54, 1.807) is 6.92 Å². The molecular formula is C19H16F3NO3S. The lowest BCUT2D eigenvalue weighted by molar-refractivity contribution is -0.136. The molecule has 1 aromatic carbocycles. The molecule has 0 saturated heterocycles. The van der Waals surface area contributed by atoms with E-state index in [1.807, 2.05) is 0 Å². The predicted octanol–water partition coefficient (Wildman–Crippen LogP) is 4.51. The standard InChI is InChI=1S/C19H16F3NO3S/c1-8-15(14-16(24)9-2-3-10(6-9)17(14)25)23-18(27-8)12-5-4-11(7-13(12)20)26-19(21)22/h4-5,7,9-10,14,19H,2-3,6H2,1H3/t9-,10+,14?. The van der Waals surface area contributed by atoms with Crippen molar-refractivity contribution in [3.63, 3.8) is 0 Å². The first-order chi connectivity index (χ1) is 12.8. The first kappa shape index (κ1) is 18.2. The molecule has 2 aromatic rings. The lowest BCUT2D eigenvalue weighted by atomic mass is 9.77. The van der Waals surface area contributed by atoms with Crippen LogP contribution in [0, 0.1) is 24.6 Å². The van der Waals surface area contributed by atoms with Crippen molar-refractivity contribution < 1.29 is 27.5 Å². The van der Waals surface area contributed by atoms with Crippen molar-refractivity contribution in [2.45, 2.75) is 38.7 Å². The Morgan fingerprint density at radius 1 is 1.19 bits per heavy atom. The number of nitrogens with zero attached hydrogens (tertiary/aromatic N) is 1. The summed E-state index contributed by atoms with van der Waals surface area (Å²) in [5, 5.41) is 0.308. The van der Waals surface area contributed by atoms with Gasteiger partial charge in [0.2, 0.25) is 0 Å². The van der Waals surface area contributed by atoms with Gasteiger partial charge in [-0.2, -0.15) is 8.78 Å². The maximum Gasteiger partial charge on any atom is 0.387 e. The summed E-state index contributed by atoms with van der Waals surface area (Å²) in [5.74, 6) is -2.27. The van der Waals surface area contributed by atoms with Gasteiger partial charge in [0, 0.05) is 28.3 Å². The number of alkyl halides is 2. The van der Waals surface area contributed by atoms with Crippen molar-refractivity contribution in [2.24, 2.45) is 11.8 Å². The van der Waals surface area contributed by atoms with E-state index < -0.39 is 18.3 Å². The van der Waals surface area contributed by atoms with E-state index in [2.05, 4.69) is 9.72 Å². The Hall–Kier alpha value is -2.22. The van der Waals surface area contributed by atoms with Gasteiger partial charge in [-0.05, 0) is 38.3 Å². The van der Waals surface area contributed by atoms with Gasteiger partial charge in [-0.25, -0.2) is 9.37 Å². The average molecular weight is 395 g/mol. The third-order valence-electron chi connectivity index (χ3n) is 5.31. The molecule has 0 spiro atoms. The number of thiazole rings is 1. The van der Waals surface area contributed by atoms with Gasteiger partial charge in [0.05, 0.1) is 5.69 Å². The fourth-order valence-electron chi connectivity index (χ4n) is 4.02. The van der Waals surface area contributed by atoms with Crippen LogP contribution >= 0.6 is 11.3 Å². The van der Waals surface area contributed by atoms with Crippen LogP contribution < -0.4 is 4.74 Å². The van der Waals surface area contributed by atoms with Crippen molar-refractivity contribution in [3.05, 3.63) is 34.6 Å². The van der Waals surface area contributed by atoms with Gasteiger partial charge in [-0.15, -0.1) is 11.3 Å². The Morgan fingerprint density at radius 3 is 2.44 bits per heavy atom. The number of halogens is 3. The van der Waals surface area contributed by atoms with Crippen molar-refractivity contribution in [1.29, 1.82) is 0 Å². The van der Waals surface area contributed by atoms with Crippen LogP contribution in [0.4, 0.5) is 13.2 Å². The molecule has 4 rings (SSSR count). The number of carbonyl (C=O) groups excluding carboxylic acids is 2. The summed E-state index contributed by atoms with van der Waals surface area (Å²) in [6.45, 7) is -1.29. The monoisotopic (exact) mass is 395 g/mol. The largest absolute Gasteiger partial charge is 0.435 e. The second kappa shape index (κ2) is 6.74. The molecule has 1 aromatic heterocycles. The lowest BCUT2D eigenvalue weighted by Crippen LogP contribution is -2.35. The van der Waals surface area contributed by atoms with Gasteiger partial charge >= 0.3 is 6.61 Å². The fraction of sp³-hybridized carbons (Fsp3) is 0.421. The highest BCUT2D eigenvalue weighted by atomic mass is 32.1. The van der Waals surface area contributed by atoms with E-state index in [0.717, 1.165) is 18.9 Å². The third kappa shape index (κ3) is 3.16. The van der Waals surface area contributed by atoms with Gasteiger partial charge in [-0.1, -0.05) is 0 Å². The molecular weight excluding hydrogens is 379 g/mol. The summed E-state index contributed by atoms with van der Waals surface area (Å²) >= 11 is 1.18. The number of ketones is 2. The van der Waals surface area contributed by atoms with E-state index in [9.17, 15) is 22.8 Å². The summed E-state index contributed by atoms with van der Waals surface area (Å²) in [7, 11) is 0. The number of rotatable bonds is 4. The van der Waals surface area contributed by atoms with Gasteiger partial charge in [0.15, 0.2) is 11.6 Å². The molecule has 142 valence electrons. The summed E-state index contributed by atoms with van der Waals surface area (Å²) in [6.07, 6.45) is 2.11. The molecule has 2 fully saturated rings. The predicted molar refractivity (Wildman–Crippen MR) is 92.5 cm³/mol. The first-order valence-electron chi connectivity index (χ1n) is 8.64. The van der Waals surface area contributed by atoms with Crippen LogP contribution in [0.2, 0.25) is 0 Å². The van der Waals surface area contributed by atoms with Gasteiger partial charge in [0.25, 0.3) is 0 Å². The molecule has 1 unspecified atom stereocenters. The number of benzene rings is 1. The Labute approximate surface area is 157 Å².